The number of morpholine rings is 1. The number of halogens is 1. The molecule has 0 bridgehead atoms. The van der Waals surface area contributed by atoms with Crippen LogP contribution >= 0.6 is 11.6 Å². The van der Waals surface area contributed by atoms with Crippen LogP contribution in [0, 0.1) is 0 Å². The number of anilines is 1. The highest BCUT2D eigenvalue weighted by Crippen LogP contribution is 2.28. The summed E-state index contributed by atoms with van der Waals surface area (Å²) in [6, 6.07) is 12.2. The Morgan fingerprint density at radius 2 is 1.75 bits per heavy atom. The second-order valence-corrected chi connectivity index (χ2v) is 9.97. The highest BCUT2D eigenvalue weighted by molar-refractivity contribution is 7.89. The molecule has 0 N–H and O–H groups in total. The number of sulfonamides is 1. The molecule has 1 aliphatic heterocycles. The maximum atomic E-state index is 13.5. The summed E-state index contributed by atoms with van der Waals surface area (Å²) in [5, 5.41) is 0.582. The predicted molar refractivity (Wildman–Crippen MR) is 127 cm³/mol. The zero-order valence-corrected chi connectivity index (χ0v) is 20.3. The zero-order valence-electron chi connectivity index (χ0n) is 18.8. The second-order valence-electron chi connectivity index (χ2n) is 7.62. The fraction of sp³-hybridized carbons (Fsp3) is 0.435. The fourth-order valence-corrected chi connectivity index (χ4v) is 5.48. The van der Waals surface area contributed by atoms with Gasteiger partial charge in [-0.3, -0.25) is 4.79 Å². The van der Waals surface area contributed by atoms with Crippen molar-refractivity contribution in [2.24, 2.45) is 0 Å². The van der Waals surface area contributed by atoms with Gasteiger partial charge in [0.05, 0.1) is 23.7 Å². The molecule has 0 saturated carbocycles. The number of hydrogen-bond donors (Lipinski definition) is 0. The maximum Gasteiger partial charge on any atom is 0.256 e. The van der Waals surface area contributed by atoms with Gasteiger partial charge in [0, 0.05) is 50.5 Å². The first-order chi connectivity index (χ1) is 15.3. The van der Waals surface area contributed by atoms with Crippen molar-refractivity contribution in [2.45, 2.75) is 25.3 Å². The lowest BCUT2D eigenvalue weighted by Gasteiger charge is -2.31. The summed E-state index contributed by atoms with van der Waals surface area (Å²) in [6.07, 6.45) is 0. The van der Waals surface area contributed by atoms with E-state index in [1.54, 1.807) is 44.0 Å². The number of carbonyl (C=O) groups is 1. The Bertz CT molecular complexity index is 1050. The molecule has 2 aromatic rings. The molecule has 32 heavy (non-hydrogen) atoms. The average Bonchev–Trinajstić information content (AvgIpc) is 2.80. The van der Waals surface area contributed by atoms with Crippen molar-refractivity contribution in [3.05, 3.63) is 58.6 Å². The van der Waals surface area contributed by atoms with Crippen molar-refractivity contribution in [1.29, 1.82) is 0 Å². The molecular formula is C23H30ClN3O4S. The summed E-state index contributed by atoms with van der Waals surface area (Å²) in [4.78, 5) is 17.3. The molecule has 1 heterocycles. The topological polar surface area (TPSA) is 70.2 Å². The van der Waals surface area contributed by atoms with Gasteiger partial charge in [-0.15, -0.1) is 0 Å². The molecule has 0 spiro atoms. The third-order valence-electron chi connectivity index (χ3n) is 5.61. The Kier molecular flexibility index (Phi) is 8.16. The Balaban J connectivity index is 2.01. The third kappa shape index (κ3) is 5.26. The van der Waals surface area contributed by atoms with Gasteiger partial charge in [0.15, 0.2) is 0 Å². The van der Waals surface area contributed by atoms with E-state index in [-0.39, 0.29) is 10.8 Å². The van der Waals surface area contributed by atoms with E-state index in [1.165, 1.54) is 10.4 Å². The van der Waals surface area contributed by atoms with Gasteiger partial charge in [0.2, 0.25) is 10.0 Å². The Labute approximate surface area is 195 Å². The van der Waals surface area contributed by atoms with Crippen molar-refractivity contribution < 1.29 is 17.9 Å². The van der Waals surface area contributed by atoms with E-state index in [2.05, 4.69) is 4.90 Å². The van der Waals surface area contributed by atoms with Gasteiger partial charge < -0.3 is 14.5 Å². The molecule has 0 atom stereocenters. The average molecular weight is 480 g/mol. The standard InChI is InChI=1S/C23H30ClN3O4S/c1-4-27(5-2)32(29,30)19-10-11-22(26-12-14-31-15-13-26)20(16-19)23(28)25(3)17-18-8-6-7-9-21(18)24/h6-11,16H,4-5,12-15,17H2,1-3H3. The molecule has 1 saturated heterocycles. The first-order valence-corrected chi connectivity index (χ1v) is 12.6. The lowest BCUT2D eigenvalue weighted by Crippen LogP contribution is -2.38. The number of rotatable bonds is 8. The summed E-state index contributed by atoms with van der Waals surface area (Å²) < 4.78 is 33.1. The molecule has 0 radical (unpaired) electrons. The van der Waals surface area contributed by atoms with Gasteiger partial charge in [0.1, 0.15) is 0 Å². The smallest absolute Gasteiger partial charge is 0.256 e. The maximum absolute atomic E-state index is 13.5. The molecule has 0 unspecified atom stereocenters. The summed E-state index contributed by atoms with van der Waals surface area (Å²) in [7, 11) is -2.00. The Hall–Kier alpha value is -2.13. The fourth-order valence-electron chi connectivity index (χ4n) is 3.80. The molecule has 2 aromatic carbocycles. The second kappa shape index (κ2) is 10.7. The van der Waals surface area contributed by atoms with Crippen molar-refractivity contribution >= 4 is 33.2 Å². The van der Waals surface area contributed by atoms with Crippen LogP contribution < -0.4 is 4.90 Å². The van der Waals surface area contributed by atoms with Crippen LogP contribution in [0.25, 0.3) is 0 Å². The molecule has 1 fully saturated rings. The van der Waals surface area contributed by atoms with Crippen molar-refractivity contribution in [3.63, 3.8) is 0 Å². The van der Waals surface area contributed by atoms with Crippen LogP contribution in [0.2, 0.25) is 5.02 Å². The summed E-state index contributed by atoms with van der Waals surface area (Å²) in [5.74, 6) is -0.261. The molecule has 0 aromatic heterocycles. The Morgan fingerprint density at radius 3 is 2.38 bits per heavy atom. The number of nitrogens with zero attached hydrogens (tertiary/aromatic N) is 3. The van der Waals surface area contributed by atoms with E-state index in [0.29, 0.717) is 62.2 Å². The molecule has 3 rings (SSSR count). The molecule has 9 heteroatoms. The van der Waals surface area contributed by atoms with Crippen LogP contribution in [-0.4, -0.2) is 70.0 Å². The quantitative estimate of drug-likeness (QED) is 0.579. The van der Waals surface area contributed by atoms with Crippen LogP contribution in [-0.2, 0) is 21.3 Å². The monoisotopic (exact) mass is 479 g/mol. The lowest BCUT2D eigenvalue weighted by molar-refractivity contribution is 0.0784. The van der Waals surface area contributed by atoms with Gasteiger partial charge in [-0.25, -0.2) is 8.42 Å². The molecule has 1 amide bonds. The predicted octanol–water partition coefficient (Wildman–Crippen LogP) is 3.48. The highest BCUT2D eigenvalue weighted by atomic mass is 35.5. The summed E-state index contributed by atoms with van der Waals surface area (Å²) in [5.41, 5.74) is 1.89. The van der Waals surface area contributed by atoms with Crippen molar-refractivity contribution in [1.82, 2.24) is 9.21 Å². The minimum atomic E-state index is -3.70. The van der Waals surface area contributed by atoms with Gasteiger partial charge in [-0.1, -0.05) is 43.6 Å². The highest BCUT2D eigenvalue weighted by Gasteiger charge is 2.27. The number of hydrogen-bond acceptors (Lipinski definition) is 5. The van der Waals surface area contributed by atoms with Gasteiger partial charge in [0.25, 0.3) is 5.91 Å². The molecular weight excluding hydrogens is 450 g/mol. The number of ether oxygens (including phenoxy) is 1. The first kappa shape index (κ1) is 24.5. The van der Waals surface area contributed by atoms with Gasteiger partial charge in [-0.05, 0) is 29.8 Å². The normalized spacial score (nSPS) is 14.6. The van der Waals surface area contributed by atoms with E-state index in [9.17, 15) is 13.2 Å². The van der Waals surface area contributed by atoms with Crippen LogP contribution in [0.3, 0.4) is 0 Å². The van der Waals surface area contributed by atoms with Crippen LogP contribution in [0.4, 0.5) is 5.69 Å². The van der Waals surface area contributed by atoms with Crippen molar-refractivity contribution in [2.75, 3.05) is 51.3 Å². The van der Waals surface area contributed by atoms with E-state index in [1.807, 2.05) is 18.2 Å². The number of amides is 1. The van der Waals surface area contributed by atoms with Crippen LogP contribution in [0.15, 0.2) is 47.4 Å². The van der Waals surface area contributed by atoms with E-state index < -0.39 is 10.0 Å². The third-order valence-corrected chi connectivity index (χ3v) is 8.02. The van der Waals surface area contributed by atoms with E-state index >= 15 is 0 Å². The van der Waals surface area contributed by atoms with Gasteiger partial charge >= 0.3 is 0 Å². The molecule has 7 nitrogen and oxygen atoms in total. The number of benzene rings is 2. The Morgan fingerprint density at radius 1 is 1.09 bits per heavy atom. The zero-order chi connectivity index (χ0) is 23.3. The van der Waals surface area contributed by atoms with E-state index in [0.717, 1.165) is 5.56 Å². The van der Waals surface area contributed by atoms with Crippen LogP contribution in [0.5, 0.6) is 0 Å². The largest absolute Gasteiger partial charge is 0.378 e. The SMILES string of the molecule is CCN(CC)S(=O)(=O)c1ccc(N2CCOCC2)c(C(=O)N(C)Cc2ccccc2Cl)c1. The summed E-state index contributed by atoms with van der Waals surface area (Å²) in [6.45, 7) is 7.02. The van der Waals surface area contributed by atoms with Gasteiger partial charge in [-0.2, -0.15) is 4.31 Å². The van der Waals surface area contributed by atoms with E-state index in [4.69, 9.17) is 16.3 Å². The summed E-state index contributed by atoms with van der Waals surface area (Å²) >= 11 is 6.28. The minimum Gasteiger partial charge on any atom is -0.378 e. The molecule has 1 aliphatic rings. The number of carbonyl (C=O) groups excluding carboxylic acids is 1. The molecule has 0 aliphatic carbocycles. The first-order valence-electron chi connectivity index (χ1n) is 10.7. The van der Waals surface area contributed by atoms with Crippen LogP contribution in [0.1, 0.15) is 29.8 Å². The minimum absolute atomic E-state index is 0.118. The van der Waals surface area contributed by atoms with Crippen molar-refractivity contribution in [3.8, 4) is 0 Å². The molecule has 174 valence electrons. The lowest BCUT2D eigenvalue weighted by atomic mass is 10.1.